The zero-order valence-corrected chi connectivity index (χ0v) is 7.71. The van der Waals surface area contributed by atoms with Crippen LogP contribution in [-0.4, -0.2) is 17.4 Å². The molecule has 0 unspecified atom stereocenters. The van der Waals surface area contributed by atoms with E-state index in [0.29, 0.717) is 0 Å². The van der Waals surface area contributed by atoms with E-state index in [9.17, 15) is 4.79 Å². The summed E-state index contributed by atoms with van der Waals surface area (Å²) in [7, 11) is 0. The second-order valence-electron chi connectivity index (χ2n) is 4.01. The van der Waals surface area contributed by atoms with Crippen LogP contribution in [0.15, 0.2) is 18.5 Å². The third-order valence-electron chi connectivity index (χ3n) is 3.02. The lowest BCUT2D eigenvalue weighted by molar-refractivity contribution is -0.120. The minimum absolute atomic E-state index is 0.136. The summed E-state index contributed by atoms with van der Waals surface area (Å²) in [5.41, 5.74) is 1.62. The van der Waals surface area contributed by atoms with Crippen LogP contribution in [0.4, 0.5) is 11.4 Å². The van der Waals surface area contributed by atoms with Crippen molar-refractivity contribution in [2.45, 2.75) is 12.8 Å². The summed E-state index contributed by atoms with van der Waals surface area (Å²) in [6.07, 6.45) is 5.39. The molecular weight excluding hydrogens is 178 g/mol. The topological polar surface area (TPSA) is 54.0 Å². The Kier molecular flexibility index (Phi) is 1.37. The predicted molar refractivity (Wildman–Crippen MR) is 53.0 cm³/mol. The fraction of sp³-hybridized carbons (Fsp3) is 0.400. The number of amides is 1. The molecule has 1 saturated carbocycles. The molecule has 1 aliphatic heterocycles. The Labute approximate surface area is 81.7 Å². The van der Waals surface area contributed by atoms with E-state index in [0.717, 1.165) is 30.8 Å². The van der Waals surface area contributed by atoms with Crippen LogP contribution in [0.1, 0.15) is 12.8 Å². The molecule has 1 spiro atoms. The Morgan fingerprint density at radius 1 is 1.36 bits per heavy atom. The van der Waals surface area contributed by atoms with E-state index in [2.05, 4.69) is 15.6 Å². The number of nitrogens with zero attached hydrogens (tertiary/aromatic N) is 1. The van der Waals surface area contributed by atoms with Crippen LogP contribution in [0.5, 0.6) is 0 Å². The fourth-order valence-electron chi connectivity index (χ4n) is 1.80. The molecule has 1 aromatic rings. The van der Waals surface area contributed by atoms with Crippen LogP contribution in [0.25, 0.3) is 0 Å². The smallest absolute Gasteiger partial charge is 0.232 e. The lowest BCUT2D eigenvalue weighted by Gasteiger charge is -2.08. The van der Waals surface area contributed by atoms with Gasteiger partial charge in [0.05, 0.1) is 23.0 Å². The van der Waals surface area contributed by atoms with Crippen molar-refractivity contribution in [3.05, 3.63) is 18.5 Å². The van der Waals surface area contributed by atoms with Crippen LogP contribution in [0.3, 0.4) is 0 Å². The second-order valence-corrected chi connectivity index (χ2v) is 4.01. The van der Waals surface area contributed by atoms with E-state index < -0.39 is 0 Å². The zero-order valence-electron chi connectivity index (χ0n) is 7.71. The van der Waals surface area contributed by atoms with Gasteiger partial charge in [0, 0.05) is 12.7 Å². The minimum atomic E-state index is -0.140. The number of carbonyl (C=O) groups is 1. The summed E-state index contributed by atoms with van der Waals surface area (Å²) in [6, 6.07) is 1.89. The van der Waals surface area contributed by atoms with Crippen molar-refractivity contribution >= 4 is 17.3 Å². The van der Waals surface area contributed by atoms with Crippen LogP contribution in [0.2, 0.25) is 0 Å². The Balaban J connectivity index is 2.00. The molecule has 1 aliphatic carbocycles. The number of fused-ring (bicyclic) bond motifs is 1. The van der Waals surface area contributed by atoms with Gasteiger partial charge in [-0.15, -0.1) is 0 Å². The molecule has 1 fully saturated rings. The quantitative estimate of drug-likeness (QED) is 0.645. The van der Waals surface area contributed by atoms with Crippen molar-refractivity contribution in [3.63, 3.8) is 0 Å². The Morgan fingerprint density at radius 3 is 3.00 bits per heavy atom. The SMILES string of the molecule is O=C1Nc2cnccc2NCC12CC2. The molecule has 0 saturated heterocycles. The van der Waals surface area contributed by atoms with Crippen LogP contribution in [-0.2, 0) is 4.79 Å². The number of pyridine rings is 1. The van der Waals surface area contributed by atoms with Gasteiger partial charge in [-0.2, -0.15) is 0 Å². The predicted octanol–water partition coefficient (Wildman–Crippen LogP) is 1.23. The van der Waals surface area contributed by atoms with Gasteiger partial charge in [-0.3, -0.25) is 9.78 Å². The number of hydrogen-bond donors (Lipinski definition) is 2. The molecular formula is C10H11N3O. The maximum absolute atomic E-state index is 11.8. The Bertz CT molecular complexity index is 398. The number of aromatic nitrogens is 1. The van der Waals surface area contributed by atoms with Crippen molar-refractivity contribution in [2.75, 3.05) is 17.2 Å². The lowest BCUT2D eigenvalue weighted by Crippen LogP contribution is -2.27. The largest absolute Gasteiger partial charge is 0.382 e. The van der Waals surface area contributed by atoms with Gasteiger partial charge in [-0.25, -0.2) is 0 Å². The third-order valence-corrected chi connectivity index (χ3v) is 3.02. The Hall–Kier alpha value is -1.58. The molecule has 0 aromatic carbocycles. The molecule has 2 N–H and O–H groups in total. The summed E-state index contributed by atoms with van der Waals surface area (Å²) in [5, 5.41) is 6.20. The number of carbonyl (C=O) groups excluding carboxylic acids is 1. The molecule has 1 amide bonds. The first-order chi connectivity index (χ1) is 6.80. The van der Waals surface area contributed by atoms with E-state index >= 15 is 0 Å². The Morgan fingerprint density at radius 2 is 2.21 bits per heavy atom. The van der Waals surface area contributed by atoms with Gasteiger partial charge in [0.25, 0.3) is 0 Å². The van der Waals surface area contributed by atoms with Crippen LogP contribution < -0.4 is 10.6 Å². The van der Waals surface area contributed by atoms with E-state index in [4.69, 9.17) is 0 Å². The average molecular weight is 189 g/mol. The number of anilines is 2. The fourth-order valence-corrected chi connectivity index (χ4v) is 1.80. The molecule has 4 nitrogen and oxygen atoms in total. The van der Waals surface area contributed by atoms with E-state index in [1.807, 2.05) is 6.07 Å². The van der Waals surface area contributed by atoms with Crippen molar-refractivity contribution in [1.29, 1.82) is 0 Å². The van der Waals surface area contributed by atoms with Crippen LogP contribution in [0, 0.1) is 5.41 Å². The normalized spacial score (nSPS) is 21.9. The summed E-state index contributed by atoms with van der Waals surface area (Å²) < 4.78 is 0. The molecule has 0 radical (unpaired) electrons. The summed E-state index contributed by atoms with van der Waals surface area (Å²) in [5.74, 6) is 0.136. The van der Waals surface area contributed by atoms with E-state index in [1.165, 1.54) is 0 Å². The highest BCUT2D eigenvalue weighted by Crippen LogP contribution is 2.48. The molecule has 72 valence electrons. The second kappa shape index (κ2) is 2.47. The number of nitrogens with one attached hydrogen (secondary N) is 2. The zero-order chi connectivity index (χ0) is 9.60. The maximum atomic E-state index is 11.8. The van der Waals surface area contributed by atoms with Gasteiger partial charge in [-0.1, -0.05) is 0 Å². The minimum Gasteiger partial charge on any atom is -0.382 e. The third kappa shape index (κ3) is 0.999. The monoisotopic (exact) mass is 189 g/mol. The maximum Gasteiger partial charge on any atom is 0.232 e. The summed E-state index contributed by atoms with van der Waals surface area (Å²) in [6.45, 7) is 0.746. The summed E-state index contributed by atoms with van der Waals surface area (Å²) in [4.78, 5) is 15.8. The molecule has 2 aliphatic rings. The number of rotatable bonds is 0. The van der Waals surface area contributed by atoms with Gasteiger partial charge in [-0.05, 0) is 18.9 Å². The highest BCUT2D eigenvalue weighted by molar-refractivity contribution is 6.01. The highest BCUT2D eigenvalue weighted by Gasteiger charge is 2.50. The summed E-state index contributed by atoms with van der Waals surface area (Å²) >= 11 is 0. The first kappa shape index (κ1) is 7.79. The average Bonchev–Trinajstić information content (AvgIpc) is 2.98. The van der Waals surface area contributed by atoms with Gasteiger partial charge >= 0.3 is 0 Å². The standard InChI is InChI=1S/C10H11N3O/c14-9-10(2-3-10)6-12-7-1-4-11-5-8(7)13-9/h1,4-5,12H,2-3,6H2,(H,13,14). The first-order valence-electron chi connectivity index (χ1n) is 4.80. The van der Waals surface area contributed by atoms with Crippen molar-refractivity contribution < 1.29 is 4.79 Å². The van der Waals surface area contributed by atoms with Crippen molar-refractivity contribution in [2.24, 2.45) is 5.41 Å². The van der Waals surface area contributed by atoms with Gasteiger partial charge in [0.15, 0.2) is 0 Å². The molecule has 0 atom stereocenters. The first-order valence-corrected chi connectivity index (χ1v) is 4.80. The van der Waals surface area contributed by atoms with Crippen molar-refractivity contribution in [1.82, 2.24) is 4.98 Å². The molecule has 4 heteroatoms. The van der Waals surface area contributed by atoms with E-state index in [-0.39, 0.29) is 11.3 Å². The number of hydrogen-bond acceptors (Lipinski definition) is 3. The molecule has 1 aromatic heterocycles. The van der Waals surface area contributed by atoms with E-state index in [1.54, 1.807) is 12.4 Å². The molecule has 2 heterocycles. The van der Waals surface area contributed by atoms with Crippen molar-refractivity contribution in [3.8, 4) is 0 Å². The van der Waals surface area contributed by atoms with Gasteiger partial charge in [0.2, 0.25) is 5.91 Å². The van der Waals surface area contributed by atoms with Crippen LogP contribution >= 0.6 is 0 Å². The van der Waals surface area contributed by atoms with Gasteiger partial charge in [0.1, 0.15) is 0 Å². The van der Waals surface area contributed by atoms with Gasteiger partial charge < -0.3 is 10.6 Å². The molecule has 3 rings (SSSR count). The molecule has 14 heavy (non-hydrogen) atoms. The lowest BCUT2D eigenvalue weighted by atomic mass is 10.1. The molecule has 0 bridgehead atoms. The highest BCUT2D eigenvalue weighted by atomic mass is 16.2.